The van der Waals surface area contributed by atoms with E-state index in [9.17, 15) is 78.3 Å². The maximum absolute atomic E-state index is 14.9. The maximum Gasteiger partial charge on any atom is 0.305 e. The summed E-state index contributed by atoms with van der Waals surface area (Å²) in [7, 11) is 0. The average Bonchev–Trinajstić information content (AvgIpc) is 3.40. The first-order valence-corrected chi connectivity index (χ1v) is 25.8. The first-order valence-electron chi connectivity index (χ1n) is 24.5. The fraction of sp³-hybridized carbons (Fsp3) is 0.431. The summed E-state index contributed by atoms with van der Waals surface area (Å²) >= 11 is 8.43. The second kappa shape index (κ2) is 30.3. The normalized spacial score (nSPS) is 24.0. The summed E-state index contributed by atoms with van der Waals surface area (Å²) in [6.45, 7) is 2.12. The van der Waals surface area contributed by atoms with Gasteiger partial charge in [0.2, 0.25) is 53.2 Å². The van der Waals surface area contributed by atoms with Crippen molar-refractivity contribution in [3.8, 4) is 11.5 Å². The molecule has 9 atom stereocenters. The standard InChI is InChI=1S/C51H65N9O16S2/c1-26(2)17-36-51(76)60(27(3)63)41(20-28-7-5-4-6-8-28)50(75)59-40(25-78)49(74)57-37(22-61)46(71)54-35(21-42(66)67)45(70)52-34(19-30-11-15-32(65)16-12-30)44(69)56-38(23-62)47(72)58-39(24-77)48(73)53-33(43(68)55-36)18-29-9-13-31(64)14-10-29/h4-16,26,33-41,61-62,64-65,77-78H,17-25H2,1-3H3,(H,52,70)(H,53,73)(H,54,71)(H,55,68)(H,56,69)(H,57,74)(H,58,72)(H,59,75)(H,66,67)/t33-,34-,35-,36-,37-,38-,39-,40-,41-/m0/s1. The number of carboxylic acid groups (broad SMARTS) is 1. The highest BCUT2D eigenvalue weighted by atomic mass is 32.1. The highest BCUT2D eigenvalue weighted by Crippen LogP contribution is 2.18. The molecule has 1 heterocycles. The molecular formula is C51H65N9O16S2. The van der Waals surface area contributed by atoms with Gasteiger partial charge in [0.1, 0.15) is 65.9 Å². The average molecular weight is 1120 g/mol. The number of phenolic OH excluding ortho intramolecular Hbond substituents is 2. The van der Waals surface area contributed by atoms with Crippen LogP contribution < -0.4 is 42.5 Å². The Hall–Kier alpha value is -7.75. The number of aromatic hydroxyl groups is 2. The van der Waals surface area contributed by atoms with Crippen LogP contribution in [-0.2, 0) is 72.0 Å². The Bertz CT molecular complexity index is 2630. The SMILES string of the molecule is CC(=O)N1C(=O)[C@H](CC(C)C)NC(=O)[C@H](Cc2ccc(O)cc2)NC(=O)[C@H](CS)NC(=O)[C@H](CO)NC(=O)[C@H](Cc2ccc(O)cc2)NC(=O)[C@H](CC(=O)O)NC(=O)[C@H](CO)NC(=O)[C@H](CS)NC(=O)[C@@H]1Cc1ccccc1. The van der Waals surface area contributed by atoms with Gasteiger partial charge in [-0.2, -0.15) is 25.3 Å². The summed E-state index contributed by atoms with van der Waals surface area (Å²) in [6, 6.07) is 3.08. The van der Waals surface area contributed by atoms with Gasteiger partial charge in [0, 0.05) is 37.7 Å². The third-order valence-corrected chi connectivity index (χ3v) is 12.8. The van der Waals surface area contributed by atoms with Gasteiger partial charge in [-0.3, -0.25) is 57.6 Å². The lowest BCUT2D eigenvalue weighted by Gasteiger charge is -2.34. The van der Waals surface area contributed by atoms with Gasteiger partial charge in [-0.25, -0.2) is 0 Å². The molecule has 0 aliphatic carbocycles. The molecule has 27 heteroatoms. The summed E-state index contributed by atoms with van der Waals surface area (Å²) in [4.78, 5) is 154. The monoisotopic (exact) mass is 1120 g/mol. The highest BCUT2D eigenvalue weighted by molar-refractivity contribution is 7.80. The van der Waals surface area contributed by atoms with E-state index in [1.54, 1.807) is 44.2 Å². The molecule has 0 bridgehead atoms. The largest absolute Gasteiger partial charge is 0.508 e. The molecule has 0 aromatic heterocycles. The van der Waals surface area contributed by atoms with Gasteiger partial charge in [-0.05, 0) is 53.3 Å². The van der Waals surface area contributed by atoms with Crippen LogP contribution in [0, 0.1) is 5.92 Å². The van der Waals surface area contributed by atoms with Crippen LogP contribution in [0.2, 0.25) is 0 Å². The molecule has 10 amide bonds. The zero-order valence-electron chi connectivity index (χ0n) is 42.7. The molecule has 1 saturated heterocycles. The second-order valence-corrected chi connectivity index (χ2v) is 19.4. The minimum Gasteiger partial charge on any atom is -0.508 e. The van der Waals surface area contributed by atoms with E-state index in [1.165, 1.54) is 48.5 Å². The van der Waals surface area contributed by atoms with Crippen LogP contribution in [0.1, 0.15) is 50.3 Å². The van der Waals surface area contributed by atoms with Gasteiger partial charge in [-0.15, -0.1) is 0 Å². The number of benzene rings is 3. The first kappa shape index (κ1) is 62.8. The number of amides is 10. The van der Waals surface area contributed by atoms with E-state index in [0.717, 1.165) is 6.92 Å². The van der Waals surface area contributed by atoms with Gasteiger partial charge >= 0.3 is 5.97 Å². The van der Waals surface area contributed by atoms with E-state index in [1.807, 2.05) is 0 Å². The van der Waals surface area contributed by atoms with Crippen molar-refractivity contribution in [2.24, 2.45) is 5.92 Å². The number of hydrogen-bond acceptors (Lipinski definition) is 17. The van der Waals surface area contributed by atoms with Gasteiger partial charge in [0.25, 0.3) is 5.91 Å². The van der Waals surface area contributed by atoms with Crippen LogP contribution in [0.15, 0.2) is 78.9 Å². The number of nitrogens with zero attached hydrogens (tertiary/aromatic N) is 1. The maximum atomic E-state index is 14.9. The van der Waals surface area contributed by atoms with Crippen LogP contribution >= 0.6 is 25.3 Å². The Morgan fingerprint density at radius 1 is 0.487 bits per heavy atom. The Balaban J connectivity index is 1.88. The molecule has 13 N–H and O–H groups in total. The lowest BCUT2D eigenvalue weighted by Crippen LogP contribution is -2.63. The first-order chi connectivity index (χ1) is 37.0. The number of thiol groups is 2. The Morgan fingerprint density at radius 3 is 1.23 bits per heavy atom. The smallest absolute Gasteiger partial charge is 0.305 e. The van der Waals surface area contributed by atoms with Crippen LogP contribution in [0.3, 0.4) is 0 Å². The summed E-state index contributed by atoms with van der Waals surface area (Å²) in [5, 5.41) is 69.2. The lowest BCUT2D eigenvalue weighted by molar-refractivity contribution is -0.153. The molecule has 0 unspecified atom stereocenters. The zero-order valence-corrected chi connectivity index (χ0v) is 44.5. The molecule has 1 aliphatic heterocycles. The molecule has 78 heavy (non-hydrogen) atoms. The summed E-state index contributed by atoms with van der Waals surface area (Å²) < 4.78 is 0. The van der Waals surface area contributed by atoms with Crippen molar-refractivity contribution in [2.45, 2.75) is 107 Å². The van der Waals surface area contributed by atoms with Crippen LogP contribution in [0.4, 0.5) is 0 Å². The predicted octanol–water partition coefficient (Wildman–Crippen LogP) is -2.87. The van der Waals surface area contributed by atoms with Crippen LogP contribution in [0.5, 0.6) is 11.5 Å². The molecular weight excluding hydrogens is 1060 g/mol. The molecule has 1 fully saturated rings. The van der Waals surface area contributed by atoms with E-state index < -0.39 is 157 Å². The number of nitrogens with one attached hydrogen (secondary N) is 8. The number of aliphatic hydroxyl groups is 2. The van der Waals surface area contributed by atoms with Crippen molar-refractivity contribution in [2.75, 3.05) is 24.7 Å². The minimum atomic E-state index is -2.03. The number of phenols is 2. The van der Waals surface area contributed by atoms with Gasteiger partial charge in [0.05, 0.1) is 19.6 Å². The molecule has 3 aromatic carbocycles. The Labute approximate surface area is 459 Å². The topological polar surface area (TPSA) is 388 Å². The zero-order chi connectivity index (χ0) is 57.8. The number of imide groups is 1. The quantitative estimate of drug-likeness (QED) is 0.0722. The summed E-state index contributed by atoms with van der Waals surface area (Å²) in [6.07, 6.45) is -2.34. The molecule has 25 nitrogen and oxygen atoms in total. The molecule has 3 aromatic rings. The van der Waals surface area contributed by atoms with E-state index >= 15 is 0 Å². The van der Waals surface area contributed by atoms with E-state index in [0.29, 0.717) is 21.6 Å². The Morgan fingerprint density at radius 2 is 0.833 bits per heavy atom. The molecule has 0 saturated carbocycles. The fourth-order valence-electron chi connectivity index (χ4n) is 8.02. The van der Waals surface area contributed by atoms with Crippen LogP contribution in [0.25, 0.3) is 0 Å². The number of aliphatic hydroxyl groups excluding tert-OH is 2. The van der Waals surface area contributed by atoms with E-state index in [-0.39, 0.29) is 36.7 Å². The number of carboxylic acids is 1. The second-order valence-electron chi connectivity index (χ2n) is 18.6. The van der Waals surface area contributed by atoms with Crippen molar-refractivity contribution in [1.29, 1.82) is 0 Å². The van der Waals surface area contributed by atoms with Crippen molar-refractivity contribution >= 4 is 90.3 Å². The number of carbonyl (C=O) groups is 11. The number of rotatable bonds is 14. The van der Waals surface area contributed by atoms with E-state index in [4.69, 9.17) is 0 Å². The third kappa shape index (κ3) is 18.8. The summed E-state index contributed by atoms with van der Waals surface area (Å²) in [5.74, 6) is -14.6. The number of aliphatic carboxylic acids is 1. The number of hydrogen-bond donors (Lipinski definition) is 15. The van der Waals surface area contributed by atoms with Crippen molar-refractivity contribution in [3.63, 3.8) is 0 Å². The van der Waals surface area contributed by atoms with Gasteiger partial charge in [-0.1, -0.05) is 68.4 Å². The Kier molecular flexibility index (Phi) is 24.4. The molecule has 422 valence electrons. The van der Waals surface area contributed by atoms with Crippen molar-refractivity contribution in [3.05, 3.63) is 95.6 Å². The molecule has 0 spiro atoms. The van der Waals surface area contributed by atoms with Gasteiger partial charge in [0.15, 0.2) is 0 Å². The molecule has 4 rings (SSSR count). The predicted molar refractivity (Wildman–Crippen MR) is 284 cm³/mol. The molecule has 1 aliphatic rings. The highest BCUT2D eigenvalue weighted by Gasteiger charge is 2.41. The lowest BCUT2D eigenvalue weighted by atomic mass is 9.98. The van der Waals surface area contributed by atoms with Crippen LogP contribution in [-0.4, -0.2) is 175 Å². The fourth-order valence-corrected chi connectivity index (χ4v) is 8.53. The van der Waals surface area contributed by atoms with Crippen molar-refractivity contribution < 1.29 is 78.3 Å². The summed E-state index contributed by atoms with van der Waals surface area (Å²) in [5.41, 5.74) is 1.10. The third-order valence-electron chi connectivity index (χ3n) is 12.1. The van der Waals surface area contributed by atoms with Crippen molar-refractivity contribution in [1.82, 2.24) is 47.4 Å². The van der Waals surface area contributed by atoms with Gasteiger partial charge < -0.3 is 68.1 Å². The van der Waals surface area contributed by atoms with E-state index in [2.05, 4.69) is 67.8 Å². The number of carbonyl (C=O) groups excluding carboxylic acids is 10. The molecule has 0 radical (unpaired) electrons. The minimum absolute atomic E-state index is 0.133.